The predicted molar refractivity (Wildman–Crippen MR) is 428 cm³/mol. The number of carbonyl (C=O) groups is 9. The number of anilines is 1. The maximum atomic E-state index is 16.5. The van der Waals surface area contributed by atoms with Gasteiger partial charge in [-0.15, -0.1) is 0 Å². The third-order valence-corrected chi connectivity index (χ3v) is 25.9. The SMILES string of the molecule is CCCS(=O)(=O)NCCCOc1ccc(NC(=O)NC(=O)C[C@@H]2NC(=O)[C@H](NC(=O)[C@@H](CC(C)C)NC)[C@H](O)c3ccc4c(c3)C(N)[C@H]3O[C@@H](Oc5c6cc(cc5O4)[C@@H](NC2=O)C(=O)N[C@H]2C(=O)N[C@H](C(=O)N[C@H](C(=O)NC4C5CC7CC(C5)CC4C7)c4cc(O)cc5c4-c4cc2ccc4C5(O)O)[C@H](O)c2ccc(c(Cl)c2)O6)[C@H](O)[C@@H](O)[C@@H]3O)cc1. The molecule has 7 aliphatic heterocycles. The number of amides is 10. The number of aromatic hydroxyl groups is 1. The molecule has 121 heavy (non-hydrogen) atoms. The smallest absolute Gasteiger partial charge is 0.325 e. The second-order valence-corrected chi connectivity index (χ2v) is 35.2. The van der Waals surface area contributed by atoms with E-state index in [-0.39, 0.29) is 121 Å². The number of rotatable bonds is 18. The average Bonchev–Trinajstić information content (AvgIpc) is 1.56. The van der Waals surface area contributed by atoms with Crippen LogP contribution in [0.5, 0.6) is 40.2 Å². The number of phenols is 1. The summed E-state index contributed by atoms with van der Waals surface area (Å²) in [6.45, 7) is 5.56. The number of phenolic OH excluding ortho intramolecular Hbond substituents is 1. The summed E-state index contributed by atoms with van der Waals surface area (Å²) < 4.78 is 58.7. The molecular weight excluding hydrogens is 1620 g/mol. The van der Waals surface area contributed by atoms with E-state index >= 15 is 28.8 Å². The first-order valence-corrected chi connectivity index (χ1v) is 42.2. The lowest BCUT2D eigenvalue weighted by molar-refractivity contribution is -0.277. The van der Waals surface area contributed by atoms with Crippen molar-refractivity contribution in [2.45, 2.75) is 182 Å². The molecule has 7 heterocycles. The van der Waals surface area contributed by atoms with Gasteiger partial charge in [0, 0.05) is 35.0 Å². The van der Waals surface area contributed by atoms with Crippen LogP contribution >= 0.6 is 11.6 Å². The monoisotopic (exact) mass is 1710 g/mol. The molecule has 0 aromatic heterocycles. The van der Waals surface area contributed by atoms with Crippen molar-refractivity contribution in [2.24, 2.45) is 35.3 Å². The van der Waals surface area contributed by atoms with Crippen LogP contribution in [-0.2, 0) is 58.9 Å². The fraction of sp³-hybridized carbons (Fsp3) is 0.458. The number of urea groups is 1. The molecule has 5 fully saturated rings. The van der Waals surface area contributed by atoms with E-state index in [1.807, 2.05) is 13.8 Å². The Hall–Kier alpha value is -10.7. The molecule has 15 atom stereocenters. The number of halogens is 1. The molecule has 6 aromatic carbocycles. The van der Waals surface area contributed by atoms with Gasteiger partial charge in [0.1, 0.15) is 95.9 Å². The van der Waals surface area contributed by atoms with Crippen LogP contribution in [0.4, 0.5) is 10.5 Å². The van der Waals surface area contributed by atoms with Gasteiger partial charge in [0.25, 0.3) is 0 Å². The highest BCUT2D eigenvalue weighted by molar-refractivity contribution is 7.89. The van der Waals surface area contributed by atoms with Crippen LogP contribution in [0.25, 0.3) is 11.1 Å². The molecule has 5 aliphatic carbocycles. The number of aliphatic hydroxyl groups is 7. The summed E-state index contributed by atoms with van der Waals surface area (Å²) in [5.41, 5.74) is 4.87. The molecule has 36 nitrogen and oxygen atoms in total. The van der Waals surface area contributed by atoms with Gasteiger partial charge in [-0.3, -0.25) is 43.7 Å². The first kappa shape index (κ1) is 85.3. The molecule has 21 N–H and O–H groups in total. The highest BCUT2D eigenvalue weighted by Crippen LogP contribution is 2.56. The van der Waals surface area contributed by atoms with Crippen molar-refractivity contribution in [1.29, 1.82) is 0 Å². The van der Waals surface area contributed by atoms with Crippen molar-refractivity contribution in [2.75, 3.05) is 31.3 Å². The van der Waals surface area contributed by atoms with E-state index in [1.165, 1.54) is 79.8 Å². The van der Waals surface area contributed by atoms with E-state index in [1.54, 1.807) is 6.92 Å². The fourth-order valence-electron chi connectivity index (χ4n) is 18.3. The normalized spacial score (nSPS) is 28.8. The highest BCUT2D eigenvalue weighted by atomic mass is 35.5. The zero-order valence-corrected chi connectivity index (χ0v) is 67.5. The molecule has 18 bridgehead atoms. The molecule has 1 saturated heterocycles. The lowest BCUT2D eigenvalue weighted by Gasteiger charge is -2.54. The zero-order valence-electron chi connectivity index (χ0n) is 65.9. The van der Waals surface area contributed by atoms with Gasteiger partial charge in [-0.05, 0) is 206 Å². The van der Waals surface area contributed by atoms with Crippen molar-refractivity contribution in [3.05, 3.63) is 153 Å². The quantitative estimate of drug-likeness (QED) is 0.0433. The Balaban J connectivity index is 0.869. The Morgan fingerprint density at radius 3 is 2.01 bits per heavy atom. The summed E-state index contributed by atoms with van der Waals surface area (Å²) in [5, 5.41) is 123. The molecule has 0 spiro atoms. The Kier molecular flexibility index (Phi) is 24.2. The minimum Gasteiger partial charge on any atom is -0.508 e. The van der Waals surface area contributed by atoms with Gasteiger partial charge < -0.3 is 118 Å². The van der Waals surface area contributed by atoms with E-state index < -0.39 is 195 Å². The van der Waals surface area contributed by atoms with E-state index in [2.05, 4.69) is 57.9 Å². The van der Waals surface area contributed by atoms with E-state index in [0.29, 0.717) is 30.4 Å². The number of ether oxygens (including phenoxy) is 5. The van der Waals surface area contributed by atoms with Crippen molar-refractivity contribution in [3.63, 3.8) is 0 Å². The third kappa shape index (κ3) is 17.4. The molecule has 12 aliphatic rings. The number of sulfonamides is 1. The molecule has 18 rings (SSSR count). The number of hydrogen-bond donors (Lipinski definition) is 20. The summed E-state index contributed by atoms with van der Waals surface area (Å²) in [5.74, 6) is -14.4. The molecule has 4 saturated carbocycles. The number of imide groups is 1. The standard InChI is InChI=1S/C83H95ClN12O24S/c1-5-19-121(114,115)87-17-6-18-116-45-12-10-43(11-13-45)88-82(111)90-58(98)33-53-75(105)92-63-42-29-56-72(119-81-71(103)69(101)70(102)73(120-81)60(85)47-27-38(8-15-54(47)117-56)67(99)65(79(109)89-53)95-74(104)52(86-4)20-34(2)3)57(30-42)118-55-16-9-39(28-51(55)84)68(100)66-80(110)94-64(78(108)91-61-40-22-35-21-36(24-40)25-41(61)23-35)48-31-44(97)32-50-59(48)46-26-37(7-14-49(46)83(50,112)113)62(76(106)96-66)93-77(63)107/h7-16,26-32,34-36,40-41,52-53,60-71,73,81,86-87,97,99-103,112-113H,5-6,17-25,33,85H2,1-4H3,(H,89,109)(H,91,108)(H,92,105)(H,93,107)(H,94,110)(H,95,104)(H,96,106)(H2,88,90,98,111)/t35?,36?,40?,41?,52-,53+,60?,61?,62-,63-,64+,65-,66+,67-,68-,69+,70+,71-,73-,81-/m1/s1. The van der Waals surface area contributed by atoms with Crippen molar-refractivity contribution in [1.82, 2.24) is 52.6 Å². The number of hydrogen-bond acceptors (Lipinski definition) is 26. The Morgan fingerprint density at radius 2 is 1.33 bits per heavy atom. The van der Waals surface area contributed by atoms with Gasteiger partial charge in [-0.25, -0.2) is 17.9 Å². The Morgan fingerprint density at radius 1 is 0.678 bits per heavy atom. The second-order valence-electron chi connectivity index (χ2n) is 32.9. The van der Waals surface area contributed by atoms with Crippen LogP contribution in [0, 0.1) is 29.6 Å². The molecule has 10 amide bonds. The van der Waals surface area contributed by atoms with E-state index in [9.17, 15) is 63.7 Å². The summed E-state index contributed by atoms with van der Waals surface area (Å²) in [6, 6.07) is 3.77. The van der Waals surface area contributed by atoms with Crippen LogP contribution in [0.3, 0.4) is 0 Å². The van der Waals surface area contributed by atoms with Gasteiger partial charge in [-0.1, -0.05) is 56.6 Å². The van der Waals surface area contributed by atoms with Gasteiger partial charge in [0.05, 0.1) is 35.9 Å². The van der Waals surface area contributed by atoms with Gasteiger partial charge >= 0.3 is 6.03 Å². The largest absolute Gasteiger partial charge is 0.508 e. The predicted octanol–water partition coefficient (Wildman–Crippen LogP) is 2.14. The number of likely N-dealkylation sites (N-methyl/N-ethyl adjacent to an activating group) is 1. The first-order valence-electron chi connectivity index (χ1n) is 40.2. The van der Waals surface area contributed by atoms with Crippen LogP contribution in [0.15, 0.2) is 103 Å². The number of benzene rings is 6. The lowest BCUT2D eigenvalue weighted by Crippen LogP contribution is -2.61. The number of nitrogens with one attached hydrogen (secondary N) is 11. The minimum absolute atomic E-state index is 0.0429. The number of aliphatic hydroxyl groups excluding tert-OH is 5. The Labute approximate surface area is 698 Å². The topological polar surface area (TPSA) is 554 Å². The van der Waals surface area contributed by atoms with E-state index in [0.717, 1.165) is 62.4 Å². The molecule has 38 heteroatoms. The molecule has 0 radical (unpaired) electrons. The van der Waals surface area contributed by atoms with Gasteiger partial charge in [0.2, 0.25) is 75.1 Å². The Bertz CT molecular complexity index is 5210. The number of fused-ring (bicyclic) bond motifs is 13. The maximum absolute atomic E-state index is 16.5. The van der Waals surface area contributed by atoms with Crippen LogP contribution < -0.4 is 82.6 Å². The minimum atomic E-state index is -3.46. The maximum Gasteiger partial charge on any atom is 0.325 e. The van der Waals surface area contributed by atoms with Crippen LogP contribution in [0.1, 0.15) is 159 Å². The van der Waals surface area contributed by atoms with Gasteiger partial charge in [0.15, 0.2) is 11.5 Å². The third-order valence-electron chi connectivity index (χ3n) is 24.0. The highest BCUT2D eigenvalue weighted by Gasteiger charge is 2.53. The zero-order chi connectivity index (χ0) is 86.1. The van der Waals surface area contributed by atoms with Crippen LogP contribution in [0.2, 0.25) is 5.02 Å². The summed E-state index contributed by atoms with van der Waals surface area (Å²) in [7, 11) is -2.00. The van der Waals surface area contributed by atoms with Crippen LogP contribution in [-0.4, -0.2) is 189 Å². The molecule has 644 valence electrons. The summed E-state index contributed by atoms with van der Waals surface area (Å²) in [6.07, 6.45) is -10.3. The number of nitrogens with two attached hydrogens (primary N) is 1. The molecule has 6 aromatic rings. The lowest BCUT2D eigenvalue weighted by atomic mass is 9.54. The second kappa shape index (κ2) is 34.3. The summed E-state index contributed by atoms with van der Waals surface area (Å²) in [4.78, 5) is 139. The number of carbonyl (C=O) groups excluding carboxylic acids is 9. The van der Waals surface area contributed by atoms with E-state index in [4.69, 9.17) is 41.0 Å². The van der Waals surface area contributed by atoms with Gasteiger partial charge in [-0.2, -0.15) is 0 Å². The van der Waals surface area contributed by atoms with Crippen molar-refractivity contribution >= 4 is 80.6 Å². The fourth-order valence-corrected chi connectivity index (χ4v) is 19.7. The first-order chi connectivity index (χ1) is 57.6. The van der Waals surface area contributed by atoms with Crippen molar-refractivity contribution in [3.8, 4) is 51.4 Å². The van der Waals surface area contributed by atoms with Crippen molar-refractivity contribution < 1.29 is 116 Å². The summed E-state index contributed by atoms with van der Waals surface area (Å²) >= 11 is 7.19. The molecular formula is C83H95ClN12O24S. The average molecular weight is 1710 g/mol. The molecule has 1 unspecified atom stereocenters.